The van der Waals surface area contributed by atoms with E-state index in [0.717, 1.165) is 12.3 Å². The van der Waals surface area contributed by atoms with E-state index in [1.54, 1.807) is 0 Å². The number of aryl methyl sites for hydroxylation is 1. The van der Waals surface area contributed by atoms with Crippen molar-refractivity contribution in [2.45, 2.75) is 19.7 Å². The molecule has 0 amide bonds. The molecule has 0 aliphatic carbocycles. The van der Waals surface area contributed by atoms with Crippen molar-refractivity contribution in [1.82, 2.24) is 4.98 Å². The predicted octanol–water partition coefficient (Wildman–Crippen LogP) is 1.90. The second kappa shape index (κ2) is 3.33. The molecule has 1 aromatic rings. The van der Waals surface area contributed by atoms with Gasteiger partial charge in [0.05, 0.1) is 12.2 Å². The molecule has 72 valence electrons. The maximum absolute atomic E-state index is 12.3. The van der Waals surface area contributed by atoms with Crippen LogP contribution in [-0.4, -0.2) is 10.1 Å². The summed E-state index contributed by atoms with van der Waals surface area (Å²) in [6.45, 7) is 0.818. The Bertz CT molecular complexity index is 309. The Kier molecular flexibility index (Phi) is 2.56. The van der Waals surface area contributed by atoms with E-state index in [9.17, 15) is 13.2 Å². The van der Waals surface area contributed by atoms with Crippen molar-refractivity contribution in [2.75, 3.05) is 0 Å². The summed E-state index contributed by atoms with van der Waals surface area (Å²) in [4.78, 5) is 3.66. The highest BCUT2D eigenvalue weighted by Crippen LogP contribution is 2.31. The minimum Gasteiger partial charge on any atom is -0.392 e. The fraction of sp³-hybridized carbons (Fsp3) is 0.375. The summed E-state index contributed by atoms with van der Waals surface area (Å²) in [6.07, 6.45) is -3.39. The zero-order chi connectivity index (χ0) is 10.1. The van der Waals surface area contributed by atoms with E-state index in [-0.39, 0.29) is 11.3 Å². The summed E-state index contributed by atoms with van der Waals surface area (Å²) >= 11 is 0. The SMILES string of the molecule is Cc1cc(C(F)(F)F)c(CO)cn1. The van der Waals surface area contributed by atoms with Gasteiger partial charge in [0.1, 0.15) is 0 Å². The summed E-state index contributed by atoms with van der Waals surface area (Å²) in [5, 5.41) is 8.63. The van der Waals surface area contributed by atoms with Crippen LogP contribution in [0, 0.1) is 6.92 Å². The topological polar surface area (TPSA) is 33.1 Å². The summed E-state index contributed by atoms with van der Waals surface area (Å²) in [5.74, 6) is 0. The van der Waals surface area contributed by atoms with Gasteiger partial charge in [-0.25, -0.2) is 0 Å². The molecule has 0 atom stereocenters. The zero-order valence-corrected chi connectivity index (χ0v) is 6.89. The van der Waals surface area contributed by atoms with Crippen molar-refractivity contribution < 1.29 is 18.3 Å². The lowest BCUT2D eigenvalue weighted by Gasteiger charge is -2.10. The molecule has 0 unspecified atom stereocenters. The highest BCUT2D eigenvalue weighted by Gasteiger charge is 2.33. The lowest BCUT2D eigenvalue weighted by atomic mass is 10.1. The maximum Gasteiger partial charge on any atom is 0.416 e. The van der Waals surface area contributed by atoms with E-state index in [2.05, 4.69) is 4.98 Å². The highest BCUT2D eigenvalue weighted by molar-refractivity contribution is 5.28. The molecule has 0 aromatic carbocycles. The molecule has 0 radical (unpaired) electrons. The van der Waals surface area contributed by atoms with Gasteiger partial charge in [-0.3, -0.25) is 4.98 Å². The van der Waals surface area contributed by atoms with E-state index in [0.29, 0.717) is 0 Å². The van der Waals surface area contributed by atoms with Gasteiger partial charge in [0, 0.05) is 17.5 Å². The molecule has 5 heteroatoms. The van der Waals surface area contributed by atoms with Crippen molar-refractivity contribution in [2.24, 2.45) is 0 Å². The summed E-state index contributed by atoms with van der Waals surface area (Å²) in [5.41, 5.74) is -0.731. The number of aromatic nitrogens is 1. The third-order valence-corrected chi connectivity index (χ3v) is 1.60. The Hall–Kier alpha value is -1.10. The van der Waals surface area contributed by atoms with E-state index in [1.165, 1.54) is 6.92 Å². The van der Waals surface area contributed by atoms with Crippen molar-refractivity contribution >= 4 is 0 Å². The molecule has 0 fully saturated rings. The number of rotatable bonds is 1. The fourth-order valence-corrected chi connectivity index (χ4v) is 0.978. The lowest BCUT2D eigenvalue weighted by Crippen LogP contribution is -2.10. The number of pyridine rings is 1. The molecule has 1 N–H and O–H groups in total. The smallest absolute Gasteiger partial charge is 0.392 e. The van der Waals surface area contributed by atoms with Gasteiger partial charge in [0.15, 0.2) is 0 Å². The molecule has 1 heterocycles. The third kappa shape index (κ3) is 2.18. The molecule has 2 nitrogen and oxygen atoms in total. The first-order valence-electron chi connectivity index (χ1n) is 3.58. The molecular weight excluding hydrogens is 183 g/mol. The summed E-state index contributed by atoms with van der Waals surface area (Å²) in [6, 6.07) is 0.922. The Morgan fingerprint density at radius 2 is 2.08 bits per heavy atom. The van der Waals surface area contributed by atoms with Gasteiger partial charge >= 0.3 is 6.18 Å². The van der Waals surface area contributed by atoms with Crippen molar-refractivity contribution in [3.8, 4) is 0 Å². The van der Waals surface area contributed by atoms with Gasteiger partial charge in [-0.15, -0.1) is 0 Å². The van der Waals surface area contributed by atoms with E-state index >= 15 is 0 Å². The van der Waals surface area contributed by atoms with Crippen molar-refractivity contribution in [3.63, 3.8) is 0 Å². The lowest BCUT2D eigenvalue weighted by molar-refractivity contribution is -0.138. The number of hydrogen-bond donors (Lipinski definition) is 1. The molecule has 13 heavy (non-hydrogen) atoms. The average Bonchev–Trinajstić information content (AvgIpc) is 2.03. The Balaban J connectivity index is 3.24. The molecule has 1 rings (SSSR count). The molecule has 0 saturated heterocycles. The van der Waals surface area contributed by atoms with Gasteiger partial charge in [-0.05, 0) is 13.0 Å². The normalized spacial score (nSPS) is 11.8. The first kappa shape index (κ1) is 9.98. The van der Waals surface area contributed by atoms with Crippen LogP contribution < -0.4 is 0 Å². The second-order valence-corrected chi connectivity index (χ2v) is 2.64. The number of aliphatic hydroxyl groups is 1. The Morgan fingerprint density at radius 3 is 2.54 bits per heavy atom. The minimum atomic E-state index is -4.42. The molecule has 0 aliphatic rings. The van der Waals surface area contributed by atoms with Crippen LogP contribution in [-0.2, 0) is 12.8 Å². The quantitative estimate of drug-likeness (QED) is 0.735. The van der Waals surface area contributed by atoms with Crippen molar-refractivity contribution in [3.05, 3.63) is 29.1 Å². The standard InChI is InChI=1S/C8H8F3NO/c1-5-2-7(8(9,10)11)6(4-13)3-12-5/h2-3,13H,4H2,1H3. The van der Waals surface area contributed by atoms with Crippen molar-refractivity contribution in [1.29, 1.82) is 0 Å². The van der Waals surface area contributed by atoms with Crippen LogP contribution >= 0.6 is 0 Å². The molecule has 0 bridgehead atoms. The van der Waals surface area contributed by atoms with Crippen LogP contribution in [0.25, 0.3) is 0 Å². The van der Waals surface area contributed by atoms with E-state index < -0.39 is 18.3 Å². The Labute approximate surface area is 73.0 Å². The molecule has 0 aliphatic heterocycles. The highest BCUT2D eigenvalue weighted by atomic mass is 19.4. The van der Waals surface area contributed by atoms with E-state index in [1.807, 2.05) is 0 Å². The number of halogens is 3. The van der Waals surface area contributed by atoms with Crippen LogP contribution in [0.5, 0.6) is 0 Å². The molecular formula is C8H8F3NO. The van der Waals surface area contributed by atoms with Gasteiger partial charge < -0.3 is 5.11 Å². The Morgan fingerprint density at radius 1 is 1.46 bits per heavy atom. The van der Waals surface area contributed by atoms with Gasteiger partial charge in [0.2, 0.25) is 0 Å². The fourth-order valence-electron chi connectivity index (χ4n) is 0.978. The number of aliphatic hydroxyl groups excluding tert-OH is 1. The minimum absolute atomic E-state index is 0.196. The van der Waals surface area contributed by atoms with Gasteiger partial charge in [-0.1, -0.05) is 0 Å². The molecule has 0 spiro atoms. The summed E-state index contributed by atoms with van der Waals surface area (Å²) < 4.78 is 36.8. The molecule has 0 saturated carbocycles. The predicted molar refractivity (Wildman–Crippen MR) is 39.9 cm³/mol. The number of nitrogens with zero attached hydrogens (tertiary/aromatic N) is 1. The molecule has 1 aromatic heterocycles. The van der Waals surface area contributed by atoms with Crippen LogP contribution in [0.4, 0.5) is 13.2 Å². The zero-order valence-electron chi connectivity index (χ0n) is 6.89. The summed E-state index contributed by atoms with van der Waals surface area (Å²) in [7, 11) is 0. The second-order valence-electron chi connectivity index (χ2n) is 2.64. The third-order valence-electron chi connectivity index (χ3n) is 1.60. The van der Waals surface area contributed by atoms with Crippen LogP contribution in [0.15, 0.2) is 12.3 Å². The first-order chi connectivity index (χ1) is 5.95. The van der Waals surface area contributed by atoms with E-state index in [4.69, 9.17) is 5.11 Å². The largest absolute Gasteiger partial charge is 0.416 e. The first-order valence-corrected chi connectivity index (χ1v) is 3.58. The number of hydrogen-bond acceptors (Lipinski definition) is 2. The number of alkyl halides is 3. The maximum atomic E-state index is 12.3. The average molecular weight is 191 g/mol. The van der Waals surface area contributed by atoms with Crippen LogP contribution in [0.1, 0.15) is 16.8 Å². The monoisotopic (exact) mass is 191 g/mol. The van der Waals surface area contributed by atoms with Gasteiger partial charge in [0.25, 0.3) is 0 Å². The van der Waals surface area contributed by atoms with Gasteiger partial charge in [-0.2, -0.15) is 13.2 Å². The van der Waals surface area contributed by atoms with Crippen LogP contribution in [0.3, 0.4) is 0 Å². The van der Waals surface area contributed by atoms with Crippen LogP contribution in [0.2, 0.25) is 0 Å².